The van der Waals surface area contributed by atoms with Gasteiger partial charge in [0.05, 0.1) is 7.11 Å². The Hall–Kier alpha value is -1.26. The van der Waals surface area contributed by atoms with Crippen LogP contribution in [-0.4, -0.2) is 18.9 Å². The average Bonchev–Trinajstić information content (AvgIpc) is 2.35. The second-order valence-electron chi connectivity index (χ2n) is 3.20. The van der Waals surface area contributed by atoms with E-state index in [9.17, 15) is 4.79 Å². The van der Waals surface area contributed by atoms with Crippen molar-refractivity contribution in [2.75, 3.05) is 13.0 Å². The Bertz CT molecular complexity index is 357. The van der Waals surface area contributed by atoms with E-state index in [0.29, 0.717) is 0 Å². The molecule has 1 N–H and O–H groups in total. The number of halogens is 1. The van der Waals surface area contributed by atoms with Crippen LogP contribution in [0, 0.1) is 0 Å². The Kier molecular flexibility index (Phi) is 5.08. The van der Waals surface area contributed by atoms with Gasteiger partial charge in [0, 0.05) is 0 Å². The molecule has 1 aromatic rings. The predicted octanol–water partition coefficient (Wildman–Crippen LogP) is 2.04. The summed E-state index contributed by atoms with van der Waals surface area (Å²) in [5.41, 5.74) is 3.17. The summed E-state index contributed by atoms with van der Waals surface area (Å²) in [7, 11) is 1.60. The zero-order chi connectivity index (χ0) is 12.0. The fraction of sp³-hybridized carbons (Fsp3) is 0.364. The smallest absolute Gasteiger partial charge is 0.258 e. The molecule has 0 spiro atoms. The van der Waals surface area contributed by atoms with Crippen molar-refractivity contribution in [3.63, 3.8) is 0 Å². The maximum absolute atomic E-state index is 10.9. The molecule has 88 valence electrons. The van der Waals surface area contributed by atoms with Crippen LogP contribution in [0.2, 0.25) is 0 Å². The normalized spacial score (nSPS) is 11.9. The van der Waals surface area contributed by atoms with Crippen LogP contribution in [-0.2, 0) is 9.63 Å². The lowest BCUT2D eigenvalue weighted by Crippen LogP contribution is -2.26. The van der Waals surface area contributed by atoms with Crippen molar-refractivity contribution in [2.45, 2.75) is 13.0 Å². The third-order valence-corrected chi connectivity index (χ3v) is 2.28. The second kappa shape index (κ2) is 6.35. The van der Waals surface area contributed by atoms with Gasteiger partial charge in [0.1, 0.15) is 17.7 Å². The number of amides is 1. The molecule has 0 saturated heterocycles. The number of carbonyl (C=O) groups is 1. The Morgan fingerprint density at radius 3 is 2.94 bits per heavy atom. The van der Waals surface area contributed by atoms with Gasteiger partial charge in [0.2, 0.25) is 0 Å². The van der Waals surface area contributed by atoms with Gasteiger partial charge in [-0.1, -0.05) is 12.1 Å². The number of hydrogen-bond acceptors (Lipinski definition) is 3. The maximum atomic E-state index is 10.9. The standard InChI is InChI=1S/C11H14ClNO3/c1-8(16-13-11(14)7-12)9-4-3-5-10(6-9)15-2/h3-6,8H,7H2,1-2H3,(H,13,14). The number of hydroxylamine groups is 1. The third-order valence-electron chi connectivity index (χ3n) is 2.03. The first-order chi connectivity index (χ1) is 7.67. The van der Waals surface area contributed by atoms with E-state index in [1.165, 1.54) is 0 Å². The molecule has 16 heavy (non-hydrogen) atoms. The van der Waals surface area contributed by atoms with Crippen LogP contribution in [0.5, 0.6) is 5.75 Å². The van der Waals surface area contributed by atoms with Crippen molar-refractivity contribution < 1.29 is 14.4 Å². The highest BCUT2D eigenvalue weighted by Gasteiger charge is 2.08. The van der Waals surface area contributed by atoms with Crippen molar-refractivity contribution in [1.29, 1.82) is 0 Å². The molecule has 0 aromatic heterocycles. The van der Waals surface area contributed by atoms with Crippen LogP contribution in [0.3, 0.4) is 0 Å². The summed E-state index contributed by atoms with van der Waals surface area (Å²) < 4.78 is 5.09. The summed E-state index contributed by atoms with van der Waals surface area (Å²) in [6.45, 7) is 1.82. The van der Waals surface area contributed by atoms with Crippen molar-refractivity contribution in [1.82, 2.24) is 5.48 Å². The summed E-state index contributed by atoms with van der Waals surface area (Å²) in [6, 6.07) is 7.43. The number of hydrogen-bond donors (Lipinski definition) is 1. The van der Waals surface area contributed by atoms with E-state index in [-0.39, 0.29) is 17.9 Å². The highest BCUT2D eigenvalue weighted by Crippen LogP contribution is 2.20. The molecule has 1 unspecified atom stereocenters. The first kappa shape index (κ1) is 12.8. The molecule has 0 saturated carbocycles. The van der Waals surface area contributed by atoms with E-state index in [0.717, 1.165) is 11.3 Å². The molecule has 5 heteroatoms. The highest BCUT2D eigenvalue weighted by atomic mass is 35.5. The molecule has 1 amide bonds. The Morgan fingerprint density at radius 1 is 1.56 bits per heavy atom. The predicted molar refractivity (Wildman–Crippen MR) is 61.4 cm³/mol. The maximum Gasteiger partial charge on any atom is 0.258 e. The summed E-state index contributed by atoms with van der Waals surface area (Å²) in [5, 5.41) is 0. The molecule has 0 aliphatic heterocycles. The van der Waals surface area contributed by atoms with Gasteiger partial charge in [-0.2, -0.15) is 0 Å². The van der Waals surface area contributed by atoms with Gasteiger partial charge in [-0.25, -0.2) is 5.48 Å². The van der Waals surface area contributed by atoms with Gasteiger partial charge in [-0.05, 0) is 24.6 Å². The number of rotatable bonds is 5. The SMILES string of the molecule is COc1cccc(C(C)ONC(=O)CCl)c1. The summed E-state index contributed by atoms with van der Waals surface area (Å²) in [5.74, 6) is 0.262. The largest absolute Gasteiger partial charge is 0.497 e. The lowest BCUT2D eigenvalue weighted by Gasteiger charge is -2.13. The van der Waals surface area contributed by atoms with Gasteiger partial charge >= 0.3 is 0 Å². The summed E-state index contributed by atoms with van der Waals surface area (Å²) >= 11 is 5.32. The summed E-state index contributed by atoms with van der Waals surface area (Å²) in [6.07, 6.45) is -0.262. The Morgan fingerprint density at radius 2 is 2.31 bits per heavy atom. The van der Waals surface area contributed by atoms with Crippen LogP contribution in [0.4, 0.5) is 0 Å². The van der Waals surface area contributed by atoms with Gasteiger partial charge in [-0.15, -0.1) is 11.6 Å². The first-order valence-corrected chi connectivity index (χ1v) is 5.35. The Balaban J connectivity index is 2.58. The minimum atomic E-state index is -0.364. The quantitative estimate of drug-likeness (QED) is 0.636. The molecule has 4 nitrogen and oxygen atoms in total. The lowest BCUT2D eigenvalue weighted by molar-refractivity contribution is -0.135. The Labute approximate surface area is 99.5 Å². The number of nitrogens with one attached hydrogen (secondary N) is 1. The average molecular weight is 244 g/mol. The van der Waals surface area contributed by atoms with E-state index in [2.05, 4.69) is 5.48 Å². The molecule has 0 radical (unpaired) electrons. The van der Waals surface area contributed by atoms with Crippen molar-refractivity contribution in [3.05, 3.63) is 29.8 Å². The fourth-order valence-corrected chi connectivity index (χ4v) is 1.20. The third kappa shape index (κ3) is 3.72. The van der Waals surface area contributed by atoms with Crippen LogP contribution in [0.1, 0.15) is 18.6 Å². The van der Waals surface area contributed by atoms with Crippen molar-refractivity contribution in [3.8, 4) is 5.75 Å². The second-order valence-corrected chi connectivity index (χ2v) is 3.46. The minimum Gasteiger partial charge on any atom is -0.497 e. The van der Waals surface area contributed by atoms with E-state index in [4.69, 9.17) is 21.2 Å². The van der Waals surface area contributed by atoms with E-state index in [1.807, 2.05) is 31.2 Å². The summed E-state index contributed by atoms with van der Waals surface area (Å²) in [4.78, 5) is 16.0. The number of benzene rings is 1. The number of alkyl halides is 1. The van der Waals surface area contributed by atoms with Gasteiger partial charge in [0.25, 0.3) is 5.91 Å². The van der Waals surface area contributed by atoms with Crippen LogP contribution < -0.4 is 10.2 Å². The molecule has 0 heterocycles. The molecule has 1 aromatic carbocycles. The van der Waals surface area contributed by atoms with Gasteiger partial charge in [0.15, 0.2) is 0 Å². The zero-order valence-electron chi connectivity index (χ0n) is 9.20. The van der Waals surface area contributed by atoms with Crippen LogP contribution >= 0.6 is 11.6 Å². The molecule has 0 fully saturated rings. The molecule has 1 rings (SSSR count). The van der Waals surface area contributed by atoms with Gasteiger partial charge in [-0.3, -0.25) is 9.63 Å². The molecule has 1 atom stereocenters. The highest BCUT2D eigenvalue weighted by molar-refractivity contribution is 6.27. The lowest BCUT2D eigenvalue weighted by atomic mass is 10.1. The monoisotopic (exact) mass is 243 g/mol. The molecule has 0 bridgehead atoms. The van der Waals surface area contributed by atoms with Crippen LogP contribution in [0.25, 0.3) is 0 Å². The van der Waals surface area contributed by atoms with Crippen molar-refractivity contribution in [2.24, 2.45) is 0 Å². The van der Waals surface area contributed by atoms with Crippen molar-refractivity contribution >= 4 is 17.5 Å². The van der Waals surface area contributed by atoms with E-state index in [1.54, 1.807) is 7.11 Å². The molecular weight excluding hydrogens is 230 g/mol. The fourth-order valence-electron chi connectivity index (χ4n) is 1.14. The zero-order valence-corrected chi connectivity index (χ0v) is 9.95. The number of ether oxygens (including phenoxy) is 1. The van der Waals surface area contributed by atoms with Crippen LogP contribution in [0.15, 0.2) is 24.3 Å². The number of carbonyl (C=O) groups excluding carboxylic acids is 1. The number of methoxy groups -OCH3 is 1. The van der Waals surface area contributed by atoms with Gasteiger partial charge < -0.3 is 4.74 Å². The molecule has 0 aliphatic rings. The van der Waals surface area contributed by atoms with E-state index >= 15 is 0 Å². The molecular formula is C11H14ClNO3. The topological polar surface area (TPSA) is 47.6 Å². The van der Waals surface area contributed by atoms with E-state index < -0.39 is 0 Å². The first-order valence-electron chi connectivity index (χ1n) is 4.81. The minimum absolute atomic E-state index is 0.120. The molecule has 0 aliphatic carbocycles.